The minimum Gasteiger partial charge on any atom is -0.447 e. The lowest BCUT2D eigenvalue weighted by molar-refractivity contribution is -0.385. The highest BCUT2D eigenvalue weighted by atomic mass is 19.1. The summed E-state index contributed by atoms with van der Waals surface area (Å²) in [5.41, 5.74) is -0.112. The van der Waals surface area contributed by atoms with Crippen molar-refractivity contribution < 1.29 is 14.1 Å². The second kappa shape index (κ2) is 5.14. The Morgan fingerprint density at radius 3 is 2.58 bits per heavy atom. The van der Waals surface area contributed by atoms with E-state index in [1.165, 1.54) is 30.3 Å². The SMILES string of the molecule is N#Cc1ccc(Oc2ccccc2[N+](=O)[O-])c(F)c1. The highest BCUT2D eigenvalue weighted by molar-refractivity contribution is 5.48. The molecule has 0 aliphatic carbocycles. The summed E-state index contributed by atoms with van der Waals surface area (Å²) in [4.78, 5) is 10.2. The van der Waals surface area contributed by atoms with Crippen molar-refractivity contribution in [2.45, 2.75) is 0 Å². The van der Waals surface area contributed by atoms with Crippen LogP contribution < -0.4 is 4.74 Å². The molecule has 0 heterocycles. The smallest absolute Gasteiger partial charge is 0.311 e. The lowest BCUT2D eigenvalue weighted by Gasteiger charge is -2.07. The number of nitro groups is 1. The summed E-state index contributed by atoms with van der Waals surface area (Å²) in [6.07, 6.45) is 0. The first-order valence-corrected chi connectivity index (χ1v) is 5.22. The Morgan fingerprint density at radius 2 is 1.95 bits per heavy atom. The van der Waals surface area contributed by atoms with Gasteiger partial charge in [-0.1, -0.05) is 12.1 Å². The number of nitro benzene ring substituents is 1. The van der Waals surface area contributed by atoms with Crippen LogP contribution in [0.4, 0.5) is 10.1 Å². The van der Waals surface area contributed by atoms with E-state index in [0.29, 0.717) is 0 Å². The van der Waals surface area contributed by atoms with Gasteiger partial charge < -0.3 is 4.74 Å². The Labute approximate surface area is 107 Å². The van der Waals surface area contributed by atoms with Gasteiger partial charge >= 0.3 is 5.69 Å². The minimum absolute atomic E-state index is 0.0592. The number of para-hydroxylation sites is 2. The van der Waals surface area contributed by atoms with E-state index >= 15 is 0 Å². The van der Waals surface area contributed by atoms with Crippen molar-refractivity contribution in [1.82, 2.24) is 0 Å². The molecule has 19 heavy (non-hydrogen) atoms. The van der Waals surface area contributed by atoms with Gasteiger partial charge in [0.05, 0.1) is 16.6 Å². The number of halogens is 1. The number of hydrogen-bond donors (Lipinski definition) is 0. The highest BCUT2D eigenvalue weighted by Crippen LogP contribution is 2.32. The summed E-state index contributed by atoms with van der Waals surface area (Å²) in [6, 6.07) is 11.1. The summed E-state index contributed by atoms with van der Waals surface area (Å²) in [5, 5.41) is 19.4. The molecule has 0 atom stereocenters. The molecule has 0 aliphatic rings. The van der Waals surface area contributed by atoms with E-state index in [1.54, 1.807) is 12.1 Å². The summed E-state index contributed by atoms with van der Waals surface area (Å²) in [7, 11) is 0. The fraction of sp³-hybridized carbons (Fsp3) is 0. The van der Waals surface area contributed by atoms with Gasteiger partial charge in [0.1, 0.15) is 0 Å². The van der Waals surface area contributed by atoms with Crippen molar-refractivity contribution >= 4 is 5.69 Å². The molecule has 0 saturated carbocycles. The average Bonchev–Trinajstić information content (AvgIpc) is 2.41. The molecule has 0 aliphatic heterocycles. The number of rotatable bonds is 3. The van der Waals surface area contributed by atoms with Crippen LogP contribution in [-0.4, -0.2) is 4.92 Å². The molecule has 0 amide bonds. The summed E-state index contributed by atoms with van der Waals surface area (Å²) in [5.74, 6) is -0.985. The Kier molecular flexibility index (Phi) is 3.39. The Hall–Kier alpha value is -2.94. The number of ether oxygens (including phenoxy) is 1. The van der Waals surface area contributed by atoms with Crippen LogP contribution in [0.3, 0.4) is 0 Å². The maximum Gasteiger partial charge on any atom is 0.311 e. The van der Waals surface area contributed by atoms with Gasteiger partial charge in [-0.25, -0.2) is 4.39 Å². The van der Waals surface area contributed by atoms with Crippen LogP contribution in [0.2, 0.25) is 0 Å². The van der Waals surface area contributed by atoms with Crippen LogP contribution in [0.5, 0.6) is 11.5 Å². The van der Waals surface area contributed by atoms with E-state index in [4.69, 9.17) is 10.00 Å². The Balaban J connectivity index is 2.37. The van der Waals surface area contributed by atoms with Gasteiger partial charge in [0.15, 0.2) is 11.6 Å². The number of nitriles is 1. The molecule has 2 aromatic carbocycles. The minimum atomic E-state index is -0.753. The summed E-state index contributed by atoms with van der Waals surface area (Å²) < 4.78 is 18.8. The maximum absolute atomic E-state index is 13.6. The molecule has 0 radical (unpaired) electrons. The molecule has 5 nitrogen and oxygen atoms in total. The summed E-state index contributed by atoms with van der Waals surface area (Å²) >= 11 is 0. The molecule has 0 spiro atoms. The van der Waals surface area contributed by atoms with Gasteiger partial charge in [0, 0.05) is 6.07 Å². The molecule has 0 bridgehead atoms. The standard InChI is InChI=1S/C13H7FN2O3/c14-10-7-9(8-15)5-6-12(10)19-13-4-2-1-3-11(13)16(17)18/h1-7H. The van der Waals surface area contributed by atoms with E-state index < -0.39 is 10.7 Å². The van der Waals surface area contributed by atoms with Crippen molar-refractivity contribution in [2.75, 3.05) is 0 Å². The van der Waals surface area contributed by atoms with Gasteiger partial charge in [0.25, 0.3) is 0 Å². The molecule has 94 valence electrons. The van der Waals surface area contributed by atoms with Crippen molar-refractivity contribution in [3.05, 3.63) is 64.0 Å². The third kappa shape index (κ3) is 2.66. The third-order valence-corrected chi connectivity index (χ3v) is 2.34. The molecule has 2 rings (SSSR count). The van der Waals surface area contributed by atoms with E-state index in [2.05, 4.69) is 0 Å². The molecule has 0 N–H and O–H groups in total. The predicted octanol–water partition coefficient (Wildman–Crippen LogP) is 3.40. The van der Waals surface area contributed by atoms with Crippen molar-refractivity contribution in [2.24, 2.45) is 0 Å². The first-order chi connectivity index (χ1) is 9.11. The van der Waals surface area contributed by atoms with Crippen LogP contribution in [0.25, 0.3) is 0 Å². The van der Waals surface area contributed by atoms with Gasteiger partial charge in [-0.3, -0.25) is 10.1 Å². The van der Waals surface area contributed by atoms with Crippen LogP contribution in [-0.2, 0) is 0 Å². The van der Waals surface area contributed by atoms with Crippen LogP contribution in [0, 0.1) is 27.3 Å². The first-order valence-electron chi connectivity index (χ1n) is 5.22. The molecule has 0 unspecified atom stereocenters. The molecule has 6 heteroatoms. The van der Waals surface area contributed by atoms with E-state index in [0.717, 1.165) is 6.07 Å². The highest BCUT2D eigenvalue weighted by Gasteiger charge is 2.16. The van der Waals surface area contributed by atoms with E-state index in [-0.39, 0.29) is 22.7 Å². The van der Waals surface area contributed by atoms with Crippen LogP contribution >= 0.6 is 0 Å². The number of benzene rings is 2. The molecule has 0 aromatic heterocycles. The monoisotopic (exact) mass is 258 g/mol. The van der Waals surface area contributed by atoms with Gasteiger partial charge in [-0.05, 0) is 24.3 Å². The second-order valence-electron chi connectivity index (χ2n) is 3.58. The molecule has 2 aromatic rings. The normalized spacial score (nSPS) is 9.68. The molecular weight excluding hydrogens is 251 g/mol. The third-order valence-electron chi connectivity index (χ3n) is 2.34. The molecule has 0 saturated heterocycles. The van der Waals surface area contributed by atoms with Crippen LogP contribution in [0.1, 0.15) is 5.56 Å². The first kappa shape index (κ1) is 12.5. The largest absolute Gasteiger partial charge is 0.447 e. The zero-order valence-electron chi connectivity index (χ0n) is 9.54. The van der Waals surface area contributed by atoms with Gasteiger partial charge in [0.2, 0.25) is 5.75 Å². The predicted molar refractivity (Wildman–Crippen MR) is 64.3 cm³/mol. The van der Waals surface area contributed by atoms with Gasteiger partial charge in [-0.2, -0.15) is 5.26 Å². The van der Waals surface area contributed by atoms with Crippen LogP contribution in [0.15, 0.2) is 42.5 Å². The molecular formula is C13H7FN2O3. The van der Waals surface area contributed by atoms with Crippen molar-refractivity contribution in [3.8, 4) is 17.6 Å². The Bertz CT molecular complexity index is 680. The second-order valence-corrected chi connectivity index (χ2v) is 3.58. The fourth-order valence-electron chi connectivity index (χ4n) is 1.47. The van der Waals surface area contributed by atoms with E-state index in [9.17, 15) is 14.5 Å². The summed E-state index contributed by atoms with van der Waals surface area (Å²) in [6.45, 7) is 0. The van der Waals surface area contributed by atoms with Gasteiger partial charge in [-0.15, -0.1) is 0 Å². The van der Waals surface area contributed by atoms with E-state index in [1.807, 2.05) is 0 Å². The quantitative estimate of drug-likeness (QED) is 0.624. The Morgan fingerprint density at radius 1 is 1.21 bits per heavy atom. The fourth-order valence-corrected chi connectivity index (χ4v) is 1.47. The van der Waals surface area contributed by atoms with Crippen molar-refractivity contribution in [3.63, 3.8) is 0 Å². The maximum atomic E-state index is 13.6. The van der Waals surface area contributed by atoms with Crippen molar-refractivity contribution in [1.29, 1.82) is 5.26 Å². The lowest BCUT2D eigenvalue weighted by atomic mass is 10.2. The molecule has 0 fully saturated rings. The topological polar surface area (TPSA) is 76.2 Å². The average molecular weight is 258 g/mol. The lowest BCUT2D eigenvalue weighted by Crippen LogP contribution is -1.94. The number of nitrogens with zero attached hydrogens (tertiary/aromatic N) is 2. The zero-order chi connectivity index (χ0) is 13.8. The zero-order valence-corrected chi connectivity index (χ0v) is 9.54. The number of hydrogen-bond acceptors (Lipinski definition) is 4.